The van der Waals surface area contributed by atoms with E-state index in [1.807, 2.05) is 6.92 Å². The molecule has 3 heteroatoms. The molecule has 1 aromatic carbocycles. The first-order valence-electron chi connectivity index (χ1n) is 7.41. The molecule has 0 saturated carbocycles. The van der Waals surface area contributed by atoms with Crippen LogP contribution in [0.3, 0.4) is 0 Å². The second-order valence-electron chi connectivity index (χ2n) is 5.57. The van der Waals surface area contributed by atoms with E-state index in [1.54, 1.807) is 0 Å². The van der Waals surface area contributed by atoms with Crippen molar-refractivity contribution in [3.63, 3.8) is 0 Å². The first-order chi connectivity index (χ1) is 9.11. The standard InChI is InChI=1S/C16H26N2O/c1-4-17-13(3)14-7-8-16-15(10-14)6-5-9-18(16)11-12(2)19/h7-8,10,12-13,17,19H,4-6,9,11H2,1-3H3. The first kappa shape index (κ1) is 14.4. The van der Waals surface area contributed by atoms with E-state index in [0.29, 0.717) is 6.04 Å². The van der Waals surface area contributed by atoms with Gasteiger partial charge < -0.3 is 15.3 Å². The van der Waals surface area contributed by atoms with Crippen LogP contribution in [0.2, 0.25) is 0 Å². The Kier molecular flexibility index (Phi) is 4.83. The third-order valence-corrected chi connectivity index (χ3v) is 3.81. The normalized spacial score (nSPS) is 18.0. The number of aliphatic hydroxyl groups is 1. The number of fused-ring (bicyclic) bond motifs is 1. The van der Waals surface area contributed by atoms with Gasteiger partial charge in [0, 0.05) is 24.8 Å². The quantitative estimate of drug-likeness (QED) is 0.856. The van der Waals surface area contributed by atoms with Gasteiger partial charge in [0.05, 0.1) is 6.10 Å². The van der Waals surface area contributed by atoms with E-state index in [0.717, 1.165) is 26.1 Å². The van der Waals surface area contributed by atoms with Crippen LogP contribution in [0.4, 0.5) is 5.69 Å². The molecule has 0 bridgehead atoms. The lowest BCUT2D eigenvalue weighted by atomic mass is 9.96. The van der Waals surface area contributed by atoms with E-state index in [1.165, 1.54) is 23.2 Å². The summed E-state index contributed by atoms with van der Waals surface area (Å²) in [4.78, 5) is 2.31. The predicted octanol–water partition coefficient (Wildman–Crippen LogP) is 2.49. The zero-order valence-corrected chi connectivity index (χ0v) is 12.3. The van der Waals surface area contributed by atoms with Gasteiger partial charge in [0.2, 0.25) is 0 Å². The Morgan fingerprint density at radius 3 is 2.84 bits per heavy atom. The molecule has 1 aliphatic heterocycles. The van der Waals surface area contributed by atoms with Crippen molar-refractivity contribution in [3.8, 4) is 0 Å². The Morgan fingerprint density at radius 2 is 2.16 bits per heavy atom. The van der Waals surface area contributed by atoms with E-state index in [-0.39, 0.29) is 6.10 Å². The van der Waals surface area contributed by atoms with Gasteiger partial charge >= 0.3 is 0 Å². The van der Waals surface area contributed by atoms with Crippen molar-refractivity contribution in [2.75, 3.05) is 24.5 Å². The van der Waals surface area contributed by atoms with Crippen LogP contribution in [-0.4, -0.2) is 30.8 Å². The number of rotatable bonds is 5. The Labute approximate surface area is 116 Å². The van der Waals surface area contributed by atoms with E-state index in [2.05, 4.69) is 42.3 Å². The molecule has 2 rings (SSSR count). The number of aryl methyl sites for hydroxylation is 1. The van der Waals surface area contributed by atoms with E-state index >= 15 is 0 Å². The summed E-state index contributed by atoms with van der Waals surface area (Å²) in [6.07, 6.45) is 2.06. The highest BCUT2D eigenvalue weighted by atomic mass is 16.3. The number of hydrogen-bond acceptors (Lipinski definition) is 3. The fourth-order valence-electron chi connectivity index (χ4n) is 2.90. The Bertz CT molecular complexity index is 417. The molecule has 1 aliphatic rings. The summed E-state index contributed by atoms with van der Waals surface area (Å²) in [6, 6.07) is 7.17. The van der Waals surface area contributed by atoms with E-state index in [4.69, 9.17) is 0 Å². The molecule has 2 N–H and O–H groups in total. The van der Waals surface area contributed by atoms with Crippen molar-refractivity contribution < 1.29 is 5.11 Å². The fourth-order valence-corrected chi connectivity index (χ4v) is 2.90. The van der Waals surface area contributed by atoms with Crippen LogP contribution >= 0.6 is 0 Å². The molecule has 0 spiro atoms. The van der Waals surface area contributed by atoms with Crippen LogP contribution in [0, 0.1) is 0 Å². The maximum atomic E-state index is 9.59. The molecule has 106 valence electrons. The molecule has 0 aromatic heterocycles. The summed E-state index contributed by atoms with van der Waals surface area (Å²) in [6.45, 7) is 8.98. The zero-order valence-electron chi connectivity index (χ0n) is 12.3. The predicted molar refractivity (Wildman–Crippen MR) is 80.7 cm³/mol. The van der Waals surface area contributed by atoms with E-state index < -0.39 is 0 Å². The molecule has 2 unspecified atom stereocenters. The van der Waals surface area contributed by atoms with Gasteiger partial charge in [-0.05, 0) is 50.4 Å². The maximum Gasteiger partial charge on any atom is 0.0687 e. The molecule has 0 saturated heterocycles. The largest absolute Gasteiger partial charge is 0.392 e. The van der Waals surface area contributed by atoms with Crippen molar-refractivity contribution in [2.24, 2.45) is 0 Å². The summed E-state index contributed by atoms with van der Waals surface area (Å²) in [7, 11) is 0. The highest BCUT2D eigenvalue weighted by Gasteiger charge is 2.19. The van der Waals surface area contributed by atoms with Gasteiger partial charge in [-0.2, -0.15) is 0 Å². The summed E-state index contributed by atoms with van der Waals surface area (Å²) in [5.41, 5.74) is 4.09. The number of β-amino-alcohol motifs (C(OH)–C–C–N with tert-alkyl or cyclic N) is 1. The lowest BCUT2D eigenvalue weighted by Crippen LogP contribution is -2.35. The monoisotopic (exact) mass is 262 g/mol. The molecule has 1 aromatic rings. The van der Waals surface area contributed by atoms with Gasteiger partial charge in [-0.25, -0.2) is 0 Å². The van der Waals surface area contributed by atoms with Gasteiger partial charge in [0.25, 0.3) is 0 Å². The average Bonchev–Trinajstić information content (AvgIpc) is 2.38. The third kappa shape index (κ3) is 3.48. The fraction of sp³-hybridized carbons (Fsp3) is 0.625. The molecular formula is C16H26N2O. The Balaban J connectivity index is 2.20. The van der Waals surface area contributed by atoms with Gasteiger partial charge in [-0.3, -0.25) is 0 Å². The first-order valence-corrected chi connectivity index (χ1v) is 7.41. The zero-order chi connectivity index (χ0) is 13.8. The minimum absolute atomic E-state index is 0.272. The smallest absolute Gasteiger partial charge is 0.0687 e. The van der Waals surface area contributed by atoms with Crippen molar-refractivity contribution in [2.45, 2.75) is 45.8 Å². The Hall–Kier alpha value is -1.06. The molecule has 3 nitrogen and oxygen atoms in total. The van der Waals surface area contributed by atoms with Crippen LogP contribution < -0.4 is 10.2 Å². The lowest BCUT2D eigenvalue weighted by molar-refractivity contribution is 0.199. The molecule has 0 fully saturated rings. The number of hydrogen-bond donors (Lipinski definition) is 2. The number of benzene rings is 1. The Morgan fingerprint density at radius 1 is 1.37 bits per heavy atom. The molecule has 1 heterocycles. The molecule has 0 radical (unpaired) electrons. The number of anilines is 1. The minimum Gasteiger partial charge on any atom is -0.392 e. The number of aliphatic hydroxyl groups excluding tert-OH is 1. The summed E-state index contributed by atoms with van der Waals surface area (Å²) in [5.74, 6) is 0. The van der Waals surface area contributed by atoms with Crippen LogP contribution in [0.5, 0.6) is 0 Å². The summed E-state index contributed by atoms with van der Waals surface area (Å²) >= 11 is 0. The van der Waals surface area contributed by atoms with Gasteiger partial charge in [0.1, 0.15) is 0 Å². The van der Waals surface area contributed by atoms with Crippen molar-refractivity contribution in [3.05, 3.63) is 29.3 Å². The average molecular weight is 262 g/mol. The highest BCUT2D eigenvalue weighted by Crippen LogP contribution is 2.29. The van der Waals surface area contributed by atoms with Gasteiger partial charge in [-0.15, -0.1) is 0 Å². The van der Waals surface area contributed by atoms with Crippen LogP contribution in [0.1, 0.15) is 44.4 Å². The van der Waals surface area contributed by atoms with Gasteiger partial charge in [0.15, 0.2) is 0 Å². The van der Waals surface area contributed by atoms with Crippen LogP contribution in [0.25, 0.3) is 0 Å². The van der Waals surface area contributed by atoms with E-state index in [9.17, 15) is 5.11 Å². The second kappa shape index (κ2) is 6.40. The number of nitrogens with zero attached hydrogens (tertiary/aromatic N) is 1. The topological polar surface area (TPSA) is 35.5 Å². The second-order valence-corrected chi connectivity index (χ2v) is 5.57. The molecule has 0 amide bonds. The highest BCUT2D eigenvalue weighted by molar-refractivity contribution is 5.57. The molecular weight excluding hydrogens is 236 g/mol. The molecule has 2 atom stereocenters. The third-order valence-electron chi connectivity index (χ3n) is 3.81. The van der Waals surface area contributed by atoms with Crippen molar-refractivity contribution >= 4 is 5.69 Å². The minimum atomic E-state index is -0.272. The van der Waals surface area contributed by atoms with Gasteiger partial charge in [-0.1, -0.05) is 19.1 Å². The molecule has 0 aliphatic carbocycles. The number of nitrogens with one attached hydrogen (secondary N) is 1. The SMILES string of the molecule is CCNC(C)c1ccc2c(c1)CCCN2CC(C)O. The van der Waals surface area contributed by atoms with Crippen LogP contribution in [-0.2, 0) is 6.42 Å². The van der Waals surface area contributed by atoms with Crippen molar-refractivity contribution in [1.82, 2.24) is 5.32 Å². The summed E-state index contributed by atoms with van der Waals surface area (Å²) < 4.78 is 0. The maximum absolute atomic E-state index is 9.59. The lowest BCUT2D eigenvalue weighted by Gasteiger charge is -2.33. The summed E-state index contributed by atoms with van der Waals surface area (Å²) in [5, 5.41) is 13.0. The van der Waals surface area contributed by atoms with Crippen molar-refractivity contribution in [1.29, 1.82) is 0 Å². The molecule has 19 heavy (non-hydrogen) atoms. The van der Waals surface area contributed by atoms with Crippen LogP contribution in [0.15, 0.2) is 18.2 Å².